The zero-order chi connectivity index (χ0) is 22.5. The minimum Gasteiger partial charge on any atom is -0.372 e. The van der Waals surface area contributed by atoms with Crippen LogP contribution in [-0.4, -0.2) is 39.7 Å². The van der Waals surface area contributed by atoms with E-state index in [1.807, 2.05) is 24.3 Å². The van der Waals surface area contributed by atoms with Crippen LogP contribution < -0.4 is 14.5 Å². The molecule has 30 heavy (non-hydrogen) atoms. The van der Waals surface area contributed by atoms with Crippen LogP contribution in [0.3, 0.4) is 0 Å². The summed E-state index contributed by atoms with van der Waals surface area (Å²) < 4.78 is 25.8. The van der Waals surface area contributed by atoms with Crippen molar-refractivity contribution in [3.05, 3.63) is 58.1 Å². The summed E-state index contributed by atoms with van der Waals surface area (Å²) in [6.45, 7) is 7.83. The number of carbonyl (C=O) groups is 1. The molecule has 1 atom stereocenters. The van der Waals surface area contributed by atoms with Gasteiger partial charge in [0, 0.05) is 35.4 Å². The van der Waals surface area contributed by atoms with Crippen molar-refractivity contribution in [2.24, 2.45) is 0 Å². The molecule has 2 aromatic rings. The number of hydrogen-bond acceptors (Lipinski definition) is 4. The largest absolute Gasteiger partial charge is 0.372 e. The molecule has 0 fully saturated rings. The summed E-state index contributed by atoms with van der Waals surface area (Å²) in [4.78, 5) is 15.0. The van der Waals surface area contributed by atoms with Gasteiger partial charge in [-0.1, -0.05) is 35.3 Å². The van der Waals surface area contributed by atoms with E-state index >= 15 is 0 Å². The number of rotatable bonds is 9. The lowest BCUT2D eigenvalue weighted by molar-refractivity contribution is -0.122. The van der Waals surface area contributed by atoms with Crippen LogP contribution in [0.4, 0.5) is 11.4 Å². The molecule has 0 aliphatic heterocycles. The number of nitrogens with zero attached hydrogens (tertiary/aromatic N) is 2. The predicted molar refractivity (Wildman–Crippen MR) is 125 cm³/mol. The van der Waals surface area contributed by atoms with Crippen molar-refractivity contribution < 1.29 is 13.2 Å². The molecule has 164 valence electrons. The zero-order valence-electron chi connectivity index (χ0n) is 17.5. The van der Waals surface area contributed by atoms with Gasteiger partial charge in [0.05, 0.1) is 11.9 Å². The number of benzene rings is 2. The van der Waals surface area contributed by atoms with Gasteiger partial charge in [-0.3, -0.25) is 9.10 Å². The minimum absolute atomic E-state index is 0.237. The molecule has 0 heterocycles. The second-order valence-electron chi connectivity index (χ2n) is 6.92. The number of hydrogen-bond donors (Lipinski definition) is 1. The summed E-state index contributed by atoms with van der Waals surface area (Å²) >= 11 is 12.0. The molecule has 0 aliphatic carbocycles. The highest BCUT2D eigenvalue weighted by Crippen LogP contribution is 2.28. The van der Waals surface area contributed by atoms with Crippen LogP contribution in [0.25, 0.3) is 0 Å². The smallest absolute Gasteiger partial charge is 0.243 e. The van der Waals surface area contributed by atoms with Crippen LogP contribution in [0.1, 0.15) is 26.3 Å². The Kier molecular flexibility index (Phi) is 8.41. The number of sulfonamides is 1. The van der Waals surface area contributed by atoms with Gasteiger partial charge in [0.25, 0.3) is 0 Å². The average Bonchev–Trinajstić information content (AvgIpc) is 2.66. The Bertz CT molecular complexity index is 957. The fourth-order valence-electron chi connectivity index (χ4n) is 3.23. The predicted octanol–water partition coefficient (Wildman–Crippen LogP) is 4.31. The third-order valence-corrected chi connectivity index (χ3v) is 6.40. The third kappa shape index (κ3) is 6.27. The highest BCUT2D eigenvalue weighted by molar-refractivity contribution is 7.92. The maximum absolute atomic E-state index is 12.7. The summed E-state index contributed by atoms with van der Waals surface area (Å²) in [5.74, 6) is -0.427. The van der Waals surface area contributed by atoms with Crippen molar-refractivity contribution in [2.45, 2.75) is 33.4 Å². The minimum atomic E-state index is -3.75. The van der Waals surface area contributed by atoms with Gasteiger partial charge in [-0.05, 0) is 56.7 Å². The van der Waals surface area contributed by atoms with Crippen molar-refractivity contribution in [3.8, 4) is 0 Å². The molecule has 0 spiro atoms. The van der Waals surface area contributed by atoms with Crippen LogP contribution >= 0.6 is 23.2 Å². The molecule has 0 aromatic heterocycles. The second kappa shape index (κ2) is 10.4. The maximum atomic E-state index is 12.7. The first-order valence-corrected chi connectivity index (χ1v) is 12.2. The van der Waals surface area contributed by atoms with Gasteiger partial charge in [-0.2, -0.15) is 0 Å². The Balaban J connectivity index is 2.14. The van der Waals surface area contributed by atoms with Crippen LogP contribution in [0.15, 0.2) is 42.5 Å². The number of anilines is 2. The van der Waals surface area contributed by atoms with Gasteiger partial charge in [0.15, 0.2) is 0 Å². The molecule has 0 unspecified atom stereocenters. The lowest BCUT2D eigenvalue weighted by Gasteiger charge is -2.28. The van der Waals surface area contributed by atoms with Crippen molar-refractivity contribution >= 4 is 50.5 Å². The molecule has 9 heteroatoms. The highest BCUT2D eigenvalue weighted by atomic mass is 35.5. The van der Waals surface area contributed by atoms with E-state index in [0.717, 1.165) is 34.9 Å². The van der Waals surface area contributed by atoms with Crippen LogP contribution in [0.2, 0.25) is 10.0 Å². The van der Waals surface area contributed by atoms with Crippen molar-refractivity contribution in [1.29, 1.82) is 0 Å². The Labute approximate surface area is 188 Å². The van der Waals surface area contributed by atoms with E-state index in [0.29, 0.717) is 0 Å². The van der Waals surface area contributed by atoms with E-state index in [4.69, 9.17) is 23.2 Å². The lowest BCUT2D eigenvalue weighted by atomic mass is 10.2. The van der Waals surface area contributed by atoms with Crippen LogP contribution in [0, 0.1) is 0 Å². The number of amides is 1. The molecular formula is C21H27Cl2N3O3S. The molecule has 2 rings (SSSR count). The third-order valence-electron chi connectivity index (χ3n) is 4.72. The van der Waals surface area contributed by atoms with Crippen LogP contribution in [-0.2, 0) is 21.4 Å². The topological polar surface area (TPSA) is 69.7 Å². The molecule has 0 bridgehead atoms. The van der Waals surface area contributed by atoms with Gasteiger partial charge < -0.3 is 10.2 Å². The van der Waals surface area contributed by atoms with Gasteiger partial charge in [0.2, 0.25) is 15.9 Å². The molecule has 0 saturated heterocycles. The monoisotopic (exact) mass is 471 g/mol. The van der Waals surface area contributed by atoms with Gasteiger partial charge in [0.1, 0.15) is 6.04 Å². The van der Waals surface area contributed by atoms with Crippen molar-refractivity contribution in [3.63, 3.8) is 0 Å². The summed E-state index contributed by atoms with van der Waals surface area (Å²) in [6, 6.07) is 11.4. The lowest BCUT2D eigenvalue weighted by Crippen LogP contribution is -2.47. The first-order valence-electron chi connectivity index (χ1n) is 9.63. The molecule has 6 nitrogen and oxygen atoms in total. The number of carbonyl (C=O) groups excluding carboxylic acids is 1. The van der Waals surface area contributed by atoms with E-state index in [9.17, 15) is 13.2 Å². The fourth-order valence-corrected chi connectivity index (χ4v) is 4.90. The van der Waals surface area contributed by atoms with E-state index < -0.39 is 22.0 Å². The van der Waals surface area contributed by atoms with Crippen molar-refractivity contribution in [2.75, 3.05) is 28.6 Å². The molecule has 1 amide bonds. The van der Waals surface area contributed by atoms with E-state index in [1.165, 1.54) is 25.1 Å². The quantitative estimate of drug-likeness (QED) is 0.591. The highest BCUT2D eigenvalue weighted by Gasteiger charge is 2.29. The Morgan fingerprint density at radius 1 is 1.00 bits per heavy atom. The number of halogens is 2. The van der Waals surface area contributed by atoms with Crippen molar-refractivity contribution in [1.82, 2.24) is 5.32 Å². The molecule has 0 saturated carbocycles. The Hall–Kier alpha value is -1.96. The standard InChI is InChI=1S/C21H27Cl2N3O3S/c1-5-25(6-2)19-9-7-16(8-10-19)14-24-21(27)15(3)26(30(4,28)29)20-12-17(22)11-18(23)13-20/h7-13,15H,5-6,14H2,1-4H3,(H,24,27)/t15-/m1/s1. The summed E-state index contributed by atoms with van der Waals surface area (Å²) in [5, 5.41) is 3.37. The maximum Gasteiger partial charge on any atom is 0.243 e. The second-order valence-corrected chi connectivity index (χ2v) is 9.65. The summed E-state index contributed by atoms with van der Waals surface area (Å²) in [5.41, 5.74) is 2.27. The molecule has 2 aromatic carbocycles. The summed E-state index contributed by atoms with van der Waals surface area (Å²) in [6.07, 6.45) is 1.04. The Morgan fingerprint density at radius 2 is 1.53 bits per heavy atom. The molecule has 0 radical (unpaired) electrons. The SMILES string of the molecule is CCN(CC)c1ccc(CNC(=O)[C@@H](C)N(c2cc(Cl)cc(Cl)c2)S(C)(=O)=O)cc1. The average molecular weight is 472 g/mol. The first-order chi connectivity index (χ1) is 14.1. The van der Waals surface area contributed by atoms with Gasteiger partial charge >= 0.3 is 0 Å². The van der Waals surface area contributed by atoms with Gasteiger partial charge in [-0.15, -0.1) is 0 Å². The molecular weight excluding hydrogens is 445 g/mol. The fraction of sp³-hybridized carbons (Fsp3) is 0.381. The Morgan fingerprint density at radius 3 is 2.00 bits per heavy atom. The first kappa shape index (κ1) is 24.3. The zero-order valence-corrected chi connectivity index (χ0v) is 19.9. The normalized spacial score (nSPS) is 12.3. The van der Waals surface area contributed by atoms with Gasteiger partial charge in [-0.25, -0.2) is 8.42 Å². The van der Waals surface area contributed by atoms with E-state index in [2.05, 4.69) is 24.1 Å². The molecule has 0 aliphatic rings. The van der Waals surface area contributed by atoms with Crippen LogP contribution in [0.5, 0.6) is 0 Å². The summed E-state index contributed by atoms with van der Waals surface area (Å²) in [7, 11) is -3.75. The van der Waals surface area contributed by atoms with E-state index in [-0.39, 0.29) is 22.3 Å². The van der Waals surface area contributed by atoms with E-state index in [1.54, 1.807) is 0 Å². The molecule has 1 N–H and O–H groups in total. The number of nitrogens with one attached hydrogen (secondary N) is 1.